The molecular weight excluding hydrogens is 412 g/mol. The molecule has 0 aliphatic carbocycles. The summed E-state index contributed by atoms with van der Waals surface area (Å²) in [6.07, 6.45) is 0. The lowest BCUT2D eigenvalue weighted by atomic mass is 10.1. The van der Waals surface area contributed by atoms with Crippen molar-refractivity contribution in [1.82, 2.24) is 0 Å². The van der Waals surface area contributed by atoms with Crippen LogP contribution in [0.2, 0.25) is 0 Å². The molecule has 0 unspecified atom stereocenters. The molecule has 6 heteroatoms. The molecular formula is C24H20N2O2S2. The molecule has 0 radical (unpaired) electrons. The fraction of sp³-hybridized carbons (Fsp3) is 0.167. The van der Waals surface area contributed by atoms with Gasteiger partial charge in [-0.3, -0.25) is 19.4 Å². The summed E-state index contributed by atoms with van der Waals surface area (Å²) in [5.74, 6) is 1.16. The summed E-state index contributed by atoms with van der Waals surface area (Å²) in [6, 6.07) is 28.0. The van der Waals surface area contributed by atoms with E-state index < -0.39 is 0 Å². The molecule has 2 atom stereocenters. The van der Waals surface area contributed by atoms with Crippen molar-refractivity contribution in [1.29, 1.82) is 0 Å². The third-order valence-corrected chi connectivity index (χ3v) is 7.74. The Hall–Kier alpha value is -2.70. The average Bonchev–Trinajstić information content (AvgIpc) is 3.38. The molecule has 2 fully saturated rings. The molecule has 4 nitrogen and oxygen atoms in total. The van der Waals surface area contributed by atoms with Gasteiger partial charge in [-0.1, -0.05) is 60.7 Å². The average molecular weight is 433 g/mol. The van der Waals surface area contributed by atoms with Gasteiger partial charge in [-0.05, 0) is 35.4 Å². The molecule has 0 N–H and O–H groups in total. The van der Waals surface area contributed by atoms with Gasteiger partial charge in [-0.2, -0.15) is 0 Å². The first-order chi connectivity index (χ1) is 14.7. The maximum absolute atomic E-state index is 12.6. The molecule has 2 aliphatic heterocycles. The Labute approximate surface area is 184 Å². The van der Waals surface area contributed by atoms with Crippen molar-refractivity contribution in [3.05, 3.63) is 96.1 Å². The molecule has 2 amide bonds. The van der Waals surface area contributed by atoms with Crippen LogP contribution in [0.1, 0.15) is 21.9 Å². The SMILES string of the molecule is O=C1CS[C@H](c2ccccc2)N1c1ccc(N2C(=O)CS[C@@H]2c2ccccc2)cc1. The van der Waals surface area contributed by atoms with Crippen molar-refractivity contribution in [2.75, 3.05) is 21.3 Å². The van der Waals surface area contributed by atoms with Crippen molar-refractivity contribution < 1.29 is 9.59 Å². The predicted octanol–water partition coefficient (Wildman–Crippen LogP) is 5.24. The Morgan fingerprint density at radius 1 is 0.567 bits per heavy atom. The Morgan fingerprint density at radius 2 is 0.933 bits per heavy atom. The minimum Gasteiger partial charge on any atom is -0.295 e. The summed E-state index contributed by atoms with van der Waals surface area (Å²) in [5, 5.41) is -0.0452. The van der Waals surface area contributed by atoms with Crippen molar-refractivity contribution in [3.63, 3.8) is 0 Å². The normalized spacial score (nSPS) is 21.5. The fourth-order valence-corrected chi connectivity index (χ4v) is 6.26. The Bertz CT molecular complexity index is 971. The molecule has 2 aliphatic rings. The van der Waals surface area contributed by atoms with E-state index in [0.717, 1.165) is 22.5 Å². The highest BCUT2D eigenvalue weighted by Crippen LogP contribution is 2.44. The van der Waals surface area contributed by atoms with E-state index in [2.05, 4.69) is 24.3 Å². The highest BCUT2D eigenvalue weighted by molar-refractivity contribution is 8.01. The number of hydrogen-bond donors (Lipinski definition) is 0. The zero-order valence-electron chi connectivity index (χ0n) is 16.2. The summed E-state index contributed by atoms with van der Waals surface area (Å²) >= 11 is 3.29. The highest BCUT2D eigenvalue weighted by atomic mass is 32.2. The molecule has 5 rings (SSSR count). The summed E-state index contributed by atoms with van der Waals surface area (Å²) in [7, 11) is 0. The van der Waals surface area contributed by atoms with Crippen molar-refractivity contribution in [2.45, 2.75) is 10.7 Å². The van der Waals surface area contributed by atoms with E-state index in [-0.39, 0.29) is 22.6 Å². The van der Waals surface area contributed by atoms with E-state index >= 15 is 0 Å². The minimum absolute atomic E-state index is 0.0226. The number of nitrogens with zero attached hydrogens (tertiary/aromatic N) is 2. The van der Waals surface area contributed by atoms with E-state index in [1.54, 1.807) is 23.5 Å². The zero-order valence-corrected chi connectivity index (χ0v) is 17.8. The van der Waals surface area contributed by atoms with Crippen LogP contribution in [0.3, 0.4) is 0 Å². The van der Waals surface area contributed by atoms with Crippen LogP contribution in [0.15, 0.2) is 84.9 Å². The molecule has 30 heavy (non-hydrogen) atoms. The van der Waals surface area contributed by atoms with Gasteiger partial charge in [-0.25, -0.2) is 0 Å². The van der Waals surface area contributed by atoms with Gasteiger partial charge < -0.3 is 0 Å². The van der Waals surface area contributed by atoms with Crippen LogP contribution in [-0.2, 0) is 9.59 Å². The van der Waals surface area contributed by atoms with Gasteiger partial charge in [-0.15, -0.1) is 23.5 Å². The molecule has 2 heterocycles. The smallest absolute Gasteiger partial charge is 0.238 e. The van der Waals surface area contributed by atoms with Crippen molar-refractivity contribution in [2.24, 2.45) is 0 Å². The number of anilines is 2. The molecule has 150 valence electrons. The fourth-order valence-electron chi connectivity index (χ4n) is 3.91. The van der Waals surface area contributed by atoms with Crippen molar-refractivity contribution >= 4 is 46.7 Å². The first kappa shape index (κ1) is 19.3. The number of hydrogen-bond acceptors (Lipinski definition) is 4. The number of carbonyl (C=O) groups excluding carboxylic acids is 2. The van der Waals surface area contributed by atoms with Gasteiger partial charge in [0.1, 0.15) is 10.7 Å². The lowest BCUT2D eigenvalue weighted by molar-refractivity contribution is -0.116. The Kier molecular flexibility index (Phi) is 5.27. The minimum atomic E-state index is -0.0226. The topological polar surface area (TPSA) is 40.6 Å². The van der Waals surface area contributed by atoms with Gasteiger partial charge in [0, 0.05) is 11.4 Å². The lowest BCUT2D eigenvalue weighted by Gasteiger charge is -2.27. The van der Waals surface area contributed by atoms with Gasteiger partial charge in [0.25, 0.3) is 0 Å². The van der Waals surface area contributed by atoms with Crippen LogP contribution in [0.4, 0.5) is 11.4 Å². The second-order valence-electron chi connectivity index (χ2n) is 7.19. The van der Waals surface area contributed by atoms with Crippen LogP contribution in [0, 0.1) is 0 Å². The van der Waals surface area contributed by atoms with Crippen LogP contribution in [0.25, 0.3) is 0 Å². The molecule has 3 aromatic rings. The van der Waals surface area contributed by atoms with Crippen LogP contribution >= 0.6 is 23.5 Å². The van der Waals surface area contributed by atoms with E-state index in [1.165, 1.54) is 0 Å². The van der Waals surface area contributed by atoms with Gasteiger partial charge >= 0.3 is 0 Å². The van der Waals surface area contributed by atoms with Crippen LogP contribution in [0.5, 0.6) is 0 Å². The maximum atomic E-state index is 12.6. The van der Waals surface area contributed by atoms with Crippen LogP contribution < -0.4 is 9.80 Å². The summed E-state index contributed by atoms with van der Waals surface area (Å²) in [6.45, 7) is 0. The third-order valence-electron chi connectivity index (χ3n) is 5.31. The predicted molar refractivity (Wildman–Crippen MR) is 125 cm³/mol. The summed E-state index contributed by atoms with van der Waals surface area (Å²) in [4.78, 5) is 29.0. The second kappa shape index (κ2) is 8.20. The molecule has 3 aromatic carbocycles. The van der Waals surface area contributed by atoms with E-state index in [0.29, 0.717) is 11.5 Å². The largest absolute Gasteiger partial charge is 0.295 e. The van der Waals surface area contributed by atoms with Crippen molar-refractivity contribution in [3.8, 4) is 0 Å². The lowest BCUT2D eigenvalue weighted by Crippen LogP contribution is -2.29. The van der Waals surface area contributed by atoms with E-state index in [9.17, 15) is 9.59 Å². The quantitative estimate of drug-likeness (QED) is 0.565. The molecule has 0 bridgehead atoms. The number of carbonyl (C=O) groups is 2. The second-order valence-corrected chi connectivity index (χ2v) is 9.33. The molecule has 2 saturated heterocycles. The standard InChI is InChI=1S/C24H20N2O2S2/c27-21-15-29-23(17-7-3-1-4-8-17)25(21)19-11-13-20(14-12-19)26-22(28)16-30-24(26)18-9-5-2-6-10-18/h1-14,23-24H,15-16H2/t23-,24-/m1/s1. The van der Waals surface area contributed by atoms with Gasteiger partial charge in [0.05, 0.1) is 11.5 Å². The number of rotatable bonds is 4. The summed E-state index contributed by atoms with van der Waals surface area (Å²) in [5.41, 5.74) is 3.96. The van der Waals surface area contributed by atoms with E-state index in [1.807, 2.05) is 70.5 Å². The Morgan fingerprint density at radius 3 is 1.30 bits per heavy atom. The maximum Gasteiger partial charge on any atom is 0.238 e. The number of amides is 2. The monoisotopic (exact) mass is 432 g/mol. The van der Waals surface area contributed by atoms with Gasteiger partial charge in [0.2, 0.25) is 11.8 Å². The molecule has 0 spiro atoms. The summed E-state index contributed by atoms with van der Waals surface area (Å²) < 4.78 is 0. The number of thioether (sulfide) groups is 2. The third kappa shape index (κ3) is 3.50. The first-order valence-electron chi connectivity index (χ1n) is 9.80. The Balaban J connectivity index is 1.44. The number of benzene rings is 3. The highest BCUT2D eigenvalue weighted by Gasteiger charge is 2.36. The van der Waals surface area contributed by atoms with Crippen LogP contribution in [-0.4, -0.2) is 23.3 Å². The first-order valence-corrected chi connectivity index (χ1v) is 11.9. The zero-order chi connectivity index (χ0) is 20.5. The van der Waals surface area contributed by atoms with E-state index in [4.69, 9.17) is 0 Å². The van der Waals surface area contributed by atoms with Gasteiger partial charge in [0.15, 0.2) is 0 Å². The molecule has 0 saturated carbocycles. The molecule has 0 aromatic heterocycles.